The van der Waals surface area contributed by atoms with E-state index in [2.05, 4.69) is 6.58 Å². The highest BCUT2D eigenvalue weighted by Crippen LogP contribution is 2.28. The minimum atomic E-state index is -0.825. The molecule has 0 unspecified atom stereocenters. The molecule has 3 heteroatoms. The Hall–Kier alpha value is -1.25. The SMILES string of the molecule is C=COCC=C(CCC1CCCCC1)C(=O)O. The molecule has 0 aromatic carbocycles. The fourth-order valence-electron chi connectivity index (χ4n) is 2.35. The molecule has 0 bridgehead atoms. The van der Waals surface area contributed by atoms with Crippen LogP contribution < -0.4 is 0 Å². The van der Waals surface area contributed by atoms with Crippen LogP contribution in [0.2, 0.25) is 0 Å². The van der Waals surface area contributed by atoms with E-state index < -0.39 is 5.97 Å². The van der Waals surface area contributed by atoms with Gasteiger partial charge in [0.1, 0.15) is 6.61 Å². The summed E-state index contributed by atoms with van der Waals surface area (Å²) in [5.41, 5.74) is 0.470. The van der Waals surface area contributed by atoms with Gasteiger partial charge in [0.25, 0.3) is 0 Å². The highest BCUT2D eigenvalue weighted by Gasteiger charge is 2.15. The third kappa shape index (κ3) is 5.57. The first-order chi connectivity index (χ1) is 8.24. The lowest BCUT2D eigenvalue weighted by molar-refractivity contribution is -0.132. The van der Waals surface area contributed by atoms with Gasteiger partial charge in [0.05, 0.1) is 6.26 Å². The van der Waals surface area contributed by atoms with Crippen LogP contribution in [-0.4, -0.2) is 17.7 Å². The Kier molecular flexibility index (Phi) is 6.45. The van der Waals surface area contributed by atoms with Crippen LogP contribution in [0.25, 0.3) is 0 Å². The number of rotatable bonds is 7. The van der Waals surface area contributed by atoms with Gasteiger partial charge in [-0.15, -0.1) is 0 Å². The summed E-state index contributed by atoms with van der Waals surface area (Å²) in [6.45, 7) is 3.72. The second kappa shape index (κ2) is 7.93. The van der Waals surface area contributed by atoms with Crippen molar-refractivity contribution in [2.75, 3.05) is 6.61 Å². The van der Waals surface area contributed by atoms with Gasteiger partial charge in [-0.2, -0.15) is 0 Å². The quantitative estimate of drug-likeness (QED) is 0.419. The molecule has 1 rings (SSSR count). The molecule has 0 heterocycles. The zero-order valence-corrected chi connectivity index (χ0v) is 10.4. The first-order valence-electron chi connectivity index (χ1n) is 6.39. The molecule has 1 aliphatic rings. The molecule has 0 spiro atoms. The van der Waals surface area contributed by atoms with Crippen LogP contribution in [0.4, 0.5) is 0 Å². The van der Waals surface area contributed by atoms with Crippen molar-refractivity contribution in [1.82, 2.24) is 0 Å². The number of hydrogen-bond acceptors (Lipinski definition) is 2. The molecular formula is C14H22O3. The summed E-state index contributed by atoms with van der Waals surface area (Å²) in [7, 11) is 0. The average Bonchev–Trinajstić information content (AvgIpc) is 2.34. The van der Waals surface area contributed by atoms with Crippen molar-refractivity contribution in [2.45, 2.75) is 44.9 Å². The normalized spacial score (nSPS) is 17.8. The Balaban J connectivity index is 2.35. The molecule has 0 aromatic rings. The van der Waals surface area contributed by atoms with E-state index in [1.54, 1.807) is 6.08 Å². The van der Waals surface area contributed by atoms with Crippen molar-refractivity contribution in [3.05, 3.63) is 24.5 Å². The van der Waals surface area contributed by atoms with Crippen LogP contribution in [0.1, 0.15) is 44.9 Å². The van der Waals surface area contributed by atoms with E-state index in [0.717, 1.165) is 6.42 Å². The maximum Gasteiger partial charge on any atom is 0.331 e. The van der Waals surface area contributed by atoms with Crippen LogP contribution in [-0.2, 0) is 9.53 Å². The van der Waals surface area contributed by atoms with E-state index >= 15 is 0 Å². The predicted octanol–water partition coefficient (Wildman–Crippen LogP) is 3.52. The number of carboxylic acids is 1. The summed E-state index contributed by atoms with van der Waals surface area (Å²) in [6, 6.07) is 0. The first kappa shape index (κ1) is 13.8. The molecule has 0 aromatic heterocycles. The van der Waals surface area contributed by atoms with Gasteiger partial charge in [-0.3, -0.25) is 0 Å². The zero-order valence-electron chi connectivity index (χ0n) is 10.4. The lowest BCUT2D eigenvalue weighted by atomic mass is 9.85. The Morgan fingerprint density at radius 1 is 1.35 bits per heavy atom. The van der Waals surface area contributed by atoms with Crippen molar-refractivity contribution in [3.63, 3.8) is 0 Å². The monoisotopic (exact) mass is 238 g/mol. The number of ether oxygens (including phenoxy) is 1. The van der Waals surface area contributed by atoms with Gasteiger partial charge in [0.2, 0.25) is 0 Å². The van der Waals surface area contributed by atoms with Crippen molar-refractivity contribution in [1.29, 1.82) is 0 Å². The van der Waals surface area contributed by atoms with Gasteiger partial charge < -0.3 is 9.84 Å². The van der Waals surface area contributed by atoms with Crippen LogP contribution in [0, 0.1) is 5.92 Å². The minimum Gasteiger partial charge on any atom is -0.498 e. The van der Waals surface area contributed by atoms with E-state index in [1.807, 2.05) is 0 Å². The second-order valence-electron chi connectivity index (χ2n) is 4.58. The lowest BCUT2D eigenvalue weighted by Gasteiger charge is -2.21. The van der Waals surface area contributed by atoms with Gasteiger partial charge in [0.15, 0.2) is 0 Å². The van der Waals surface area contributed by atoms with Gasteiger partial charge in [-0.25, -0.2) is 4.79 Å². The van der Waals surface area contributed by atoms with Crippen LogP contribution in [0.5, 0.6) is 0 Å². The Morgan fingerprint density at radius 2 is 2.06 bits per heavy atom. The van der Waals surface area contributed by atoms with Crippen LogP contribution in [0.15, 0.2) is 24.5 Å². The lowest BCUT2D eigenvalue weighted by Crippen LogP contribution is -2.09. The molecule has 17 heavy (non-hydrogen) atoms. The van der Waals surface area contributed by atoms with E-state index in [1.165, 1.54) is 38.4 Å². The maximum absolute atomic E-state index is 11.0. The zero-order chi connectivity index (χ0) is 12.5. The summed E-state index contributed by atoms with van der Waals surface area (Å²) < 4.78 is 4.93. The standard InChI is InChI=1S/C14H22O3/c1-2-17-11-10-13(14(15)16)9-8-12-6-4-3-5-7-12/h2,10,12H,1,3-9,11H2,(H,15,16). The molecule has 0 radical (unpaired) electrons. The fraction of sp³-hybridized carbons (Fsp3) is 0.643. The van der Waals surface area contributed by atoms with E-state index in [9.17, 15) is 4.79 Å². The smallest absolute Gasteiger partial charge is 0.331 e. The molecule has 0 amide bonds. The minimum absolute atomic E-state index is 0.301. The van der Waals surface area contributed by atoms with Crippen LogP contribution >= 0.6 is 0 Å². The van der Waals surface area contributed by atoms with Crippen molar-refractivity contribution in [2.24, 2.45) is 5.92 Å². The molecule has 1 aliphatic carbocycles. The molecule has 0 aliphatic heterocycles. The molecule has 0 atom stereocenters. The molecule has 96 valence electrons. The van der Waals surface area contributed by atoms with Crippen molar-refractivity contribution in [3.8, 4) is 0 Å². The summed E-state index contributed by atoms with van der Waals surface area (Å²) in [6.07, 6.45) is 11.1. The Labute approximate surface area is 103 Å². The summed E-state index contributed by atoms with van der Waals surface area (Å²) in [5.74, 6) is -0.111. The fourth-order valence-corrected chi connectivity index (χ4v) is 2.35. The van der Waals surface area contributed by atoms with E-state index in [4.69, 9.17) is 9.84 Å². The molecule has 1 saturated carbocycles. The highest BCUT2D eigenvalue weighted by atomic mass is 16.5. The molecule has 0 saturated heterocycles. The summed E-state index contributed by atoms with van der Waals surface area (Å²) >= 11 is 0. The molecular weight excluding hydrogens is 216 g/mol. The third-order valence-electron chi connectivity index (χ3n) is 3.37. The number of hydrogen-bond donors (Lipinski definition) is 1. The number of carboxylic acid groups (broad SMARTS) is 1. The average molecular weight is 238 g/mol. The summed E-state index contributed by atoms with van der Waals surface area (Å²) in [4.78, 5) is 11.0. The second-order valence-corrected chi connectivity index (χ2v) is 4.58. The van der Waals surface area contributed by atoms with Crippen LogP contribution in [0.3, 0.4) is 0 Å². The Morgan fingerprint density at radius 3 is 2.65 bits per heavy atom. The van der Waals surface area contributed by atoms with Gasteiger partial charge in [-0.1, -0.05) is 38.7 Å². The number of aliphatic carboxylic acids is 1. The predicted molar refractivity (Wildman–Crippen MR) is 67.7 cm³/mol. The van der Waals surface area contributed by atoms with E-state index in [0.29, 0.717) is 24.5 Å². The Bertz CT molecular complexity index is 275. The topological polar surface area (TPSA) is 46.5 Å². The van der Waals surface area contributed by atoms with Gasteiger partial charge >= 0.3 is 5.97 Å². The first-order valence-corrected chi connectivity index (χ1v) is 6.39. The maximum atomic E-state index is 11.0. The number of carbonyl (C=O) groups is 1. The largest absolute Gasteiger partial charge is 0.498 e. The highest BCUT2D eigenvalue weighted by molar-refractivity contribution is 5.86. The van der Waals surface area contributed by atoms with Crippen molar-refractivity contribution >= 4 is 5.97 Å². The summed E-state index contributed by atoms with van der Waals surface area (Å²) in [5, 5.41) is 9.05. The molecule has 1 N–H and O–H groups in total. The molecule has 3 nitrogen and oxygen atoms in total. The molecule has 1 fully saturated rings. The van der Waals surface area contributed by atoms with Gasteiger partial charge in [0, 0.05) is 5.57 Å². The van der Waals surface area contributed by atoms with Crippen molar-refractivity contribution < 1.29 is 14.6 Å². The van der Waals surface area contributed by atoms with E-state index in [-0.39, 0.29) is 0 Å². The van der Waals surface area contributed by atoms with Gasteiger partial charge in [-0.05, 0) is 24.8 Å². The third-order valence-corrected chi connectivity index (χ3v) is 3.37.